The van der Waals surface area contributed by atoms with Gasteiger partial charge in [-0.05, 0) is 69.5 Å². The molecule has 1 atom stereocenters. The number of rotatable bonds is 4. The smallest absolute Gasteiger partial charge is 0.254 e. The number of hydrogen-bond acceptors (Lipinski definition) is 3. The molecule has 2 aromatic rings. The van der Waals surface area contributed by atoms with Gasteiger partial charge in [0, 0.05) is 35.1 Å². The summed E-state index contributed by atoms with van der Waals surface area (Å²) in [7, 11) is 1.97. The summed E-state index contributed by atoms with van der Waals surface area (Å²) in [4.78, 5) is 20.1. The second-order valence-corrected chi connectivity index (χ2v) is 7.78. The molecule has 1 N–H and O–H groups in total. The SMILES string of the molecule is CNCC1CCCN(C(=O)c2cc(C3CC3)nc3ccc(Cl)cc23)C1.Cl.Cl. The highest BCUT2D eigenvalue weighted by Crippen LogP contribution is 2.40. The van der Waals surface area contributed by atoms with Crippen molar-refractivity contribution in [2.45, 2.75) is 31.6 Å². The van der Waals surface area contributed by atoms with Crippen LogP contribution in [0.25, 0.3) is 10.9 Å². The number of carbonyl (C=O) groups excluding carboxylic acids is 1. The largest absolute Gasteiger partial charge is 0.338 e. The van der Waals surface area contributed by atoms with E-state index in [9.17, 15) is 4.79 Å². The molecule has 1 aliphatic heterocycles. The van der Waals surface area contributed by atoms with Crippen molar-refractivity contribution in [3.05, 3.63) is 40.5 Å². The van der Waals surface area contributed by atoms with Crippen molar-refractivity contribution in [1.29, 1.82) is 0 Å². The number of nitrogens with zero attached hydrogens (tertiary/aromatic N) is 2. The lowest BCUT2D eigenvalue weighted by atomic mass is 9.96. The zero-order valence-electron chi connectivity index (χ0n) is 15.4. The van der Waals surface area contributed by atoms with Crippen molar-refractivity contribution in [2.24, 2.45) is 5.92 Å². The summed E-state index contributed by atoms with van der Waals surface area (Å²) in [5.41, 5.74) is 2.70. The fourth-order valence-electron chi connectivity index (χ4n) is 3.86. The zero-order chi connectivity index (χ0) is 17.4. The van der Waals surface area contributed by atoms with Gasteiger partial charge >= 0.3 is 0 Å². The standard InChI is InChI=1S/C20H24ClN3O.2ClH/c1-22-11-13-3-2-8-24(12-13)20(25)17-10-19(14-4-5-14)23-18-7-6-15(21)9-16(17)18;;/h6-7,9-10,13-14,22H,2-5,8,11-12H2,1H3;2*1H. The van der Waals surface area contributed by atoms with E-state index in [-0.39, 0.29) is 30.7 Å². The molecule has 1 saturated carbocycles. The number of benzene rings is 1. The molecule has 1 aliphatic carbocycles. The lowest BCUT2D eigenvalue weighted by Gasteiger charge is -2.33. The number of fused-ring (bicyclic) bond motifs is 1. The number of halogens is 3. The van der Waals surface area contributed by atoms with E-state index in [1.54, 1.807) is 0 Å². The monoisotopic (exact) mass is 429 g/mol. The van der Waals surface area contributed by atoms with Gasteiger partial charge in [0.15, 0.2) is 0 Å². The molecule has 1 saturated heterocycles. The highest BCUT2D eigenvalue weighted by Gasteiger charge is 2.29. The first-order valence-electron chi connectivity index (χ1n) is 9.20. The lowest BCUT2D eigenvalue weighted by molar-refractivity contribution is 0.0676. The van der Waals surface area contributed by atoms with E-state index in [1.807, 2.05) is 36.2 Å². The number of piperidine rings is 1. The molecule has 0 radical (unpaired) electrons. The molecule has 1 aromatic heterocycles. The highest BCUT2D eigenvalue weighted by molar-refractivity contribution is 6.31. The van der Waals surface area contributed by atoms with E-state index in [1.165, 1.54) is 19.3 Å². The number of carbonyl (C=O) groups is 1. The van der Waals surface area contributed by atoms with Crippen LogP contribution in [-0.4, -0.2) is 42.5 Å². The van der Waals surface area contributed by atoms with Gasteiger partial charge in [-0.25, -0.2) is 0 Å². The minimum Gasteiger partial charge on any atom is -0.338 e. The van der Waals surface area contributed by atoms with Crippen molar-refractivity contribution in [2.75, 3.05) is 26.7 Å². The van der Waals surface area contributed by atoms with Crippen LogP contribution in [0.2, 0.25) is 5.02 Å². The number of likely N-dealkylation sites (tertiary alicyclic amines) is 1. The topological polar surface area (TPSA) is 45.2 Å². The Morgan fingerprint density at radius 2 is 2.04 bits per heavy atom. The quantitative estimate of drug-likeness (QED) is 0.766. The first-order chi connectivity index (χ1) is 12.2. The first-order valence-corrected chi connectivity index (χ1v) is 9.57. The Kier molecular flexibility index (Phi) is 7.75. The summed E-state index contributed by atoms with van der Waals surface area (Å²) in [5, 5.41) is 4.76. The average Bonchev–Trinajstić information content (AvgIpc) is 3.46. The molecule has 0 bridgehead atoms. The Bertz CT molecular complexity index is 808. The molecule has 27 heavy (non-hydrogen) atoms. The van der Waals surface area contributed by atoms with E-state index >= 15 is 0 Å². The summed E-state index contributed by atoms with van der Waals surface area (Å²) in [6, 6.07) is 7.68. The third-order valence-electron chi connectivity index (χ3n) is 5.32. The molecule has 1 aromatic carbocycles. The fraction of sp³-hybridized carbons (Fsp3) is 0.500. The predicted molar refractivity (Wildman–Crippen MR) is 116 cm³/mol. The number of nitrogens with one attached hydrogen (secondary N) is 1. The first kappa shape index (κ1) is 22.2. The van der Waals surface area contributed by atoms with Gasteiger partial charge in [-0.1, -0.05) is 11.6 Å². The molecule has 2 heterocycles. The van der Waals surface area contributed by atoms with Crippen LogP contribution in [0.3, 0.4) is 0 Å². The third-order valence-corrected chi connectivity index (χ3v) is 5.55. The maximum atomic E-state index is 13.3. The maximum Gasteiger partial charge on any atom is 0.254 e. The van der Waals surface area contributed by atoms with Crippen LogP contribution in [0.4, 0.5) is 0 Å². The summed E-state index contributed by atoms with van der Waals surface area (Å²) in [5.74, 6) is 1.17. The van der Waals surface area contributed by atoms with Gasteiger partial charge in [-0.3, -0.25) is 9.78 Å². The van der Waals surface area contributed by atoms with Gasteiger partial charge in [0.1, 0.15) is 0 Å². The molecule has 148 valence electrons. The third kappa shape index (κ3) is 4.86. The van der Waals surface area contributed by atoms with Crippen molar-refractivity contribution < 1.29 is 4.79 Å². The van der Waals surface area contributed by atoms with Crippen LogP contribution in [-0.2, 0) is 0 Å². The number of amides is 1. The lowest BCUT2D eigenvalue weighted by Crippen LogP contribution is -2.42. The number of aromatic nitrogens is 1. The van der Waals surface area contributed by atoms with E-state index in [0.717, 1.165) is 48.2 Å². The van der Waals surface area contributed by atoms with Crippen molar-refractivity contribution in [3.63, 3.8) is 0 Å². The molecule has 2 fully saturated rings. The summed E-state index contributed by atoms with van der Waals surface area (Å²) in [6.45, 7) is 2.62. The van der Waals surface area contributed by atoms with Crippen LogP contribution < -0.4 is 5.32 Å². The van der Waals surface area contributed by atoms with E-state index in [2.05, 4.69) is 5.32 Å². The normalized spacial score (nSPS) is 19.3. The molecular formula is C20H26Cl3N3O. The van der Waals surface area contributed by atoms with Gasteiger partial charge < -0.3 is 10.2 Å². The summed E-state index contributed by atoms with van der Waals surface area (Å²) >= 11 is 6.20. The van der Waals surface area contributed by atoms with E-state index in [0.29, 0.717) is 16.9 Å². The van der Waals surface area contributed by atoms with Crippen molar-refractivity contribution in [1.82, 2.24) is 15.2 Å². The number of hydrogen-bond donors (Lipinski definition) is 1. The average molecular weight is 431 g/mol. The summed E-state index contributed by atoms with van der Waals surface area (Å²) < 4.78 is 0. The van der Waals surface area contributed by atoms with E-state index in [4.69, 9.17) is 16.6 Å². The van der Waals surface area contributed by atoms with Gasteiger partial charge in [-0.15, -0.1) is 24.8 Å². The Morgan fingerprint density at radius 3 is 2.74 bits per heavy atom. The molecule has 4 rings (SSSR count). The predicted octanol–water partition coefficient (Wildman–Crippen LogP) is 4.68. The Balaban J connectivity index is 0.00000131. The molecular weight excluding hydrogens is 405 g/mol. The Labute approximate surface area is 177 Å². The minimum atomic E-state index is 0. The molecule has 4 nitrogen and oxygen atoms in total. The number of pyridine rings is 1. The van der Waals surface area contributed by atoms with Gasteiger partial charge in [0.05, 0.1) is 11.1 Å². The van der Waals surface area contributed by atoms with Gasteiger partial charge in [-0.2, -0.15) is 0 Å². The van der Waals surface area contributed by atoms with Crippen LogP contribution in [0, 0.1) is 5.92 Å². The van der Waals surface area contributed by atoms with Gasteiger partial charge in [0.25, 0.3) is 5.91 Å². The molecule has 1 amide bonds. The van der Waals surface area contributed by atoms with Crippen LogP contribution >= 0.6 is 36.4 Å². The molecule has 7 heteroatoms. The second kappa shape index (κ2) is 9.42. The van der Waals surface area contributed by atoms with Crippen molar-refractivity contribution >= 4 is 53.2 Å². The molecule has 0 spiro atoms. The fourth-order valence-corrected chi connectivity index (χ4v) is 4.03. The molecule has 2 aliphatic rings. The minimum absolute atomic E-state index is 0. The second-order valence-electron chi connectivity index (χ2n) is 7.35. The zero-order valence-corrected chi connectivity index (χ0v) is 17.8. The van der Waals surface area contributed by atoms with E-state index < -0.39 is 0 Å². The Hall–Kier alpha value is -1.07. The van der Waals surface area contributed by atoms with Gasteiger partial charge in [0.2, 0.25) is 0 Å². The van der Waals surface area contributed by atoms with Crippen LogP contribution in [0.5, 0.6) is 0 Å². The molecule has 1 unspecified atom stereocenters. The van der Waals surface area contributed by atoms with Crippen LogP contribution in [0.1, 0.15) is 47.7 Å². The summed E-state index contributed by atoms with van der Waals surface area (Å²) in [6.07, 6.45) is 4.60. The maximum absolute atomic E-state index is 13.3. The Morgan fingerprint density at radius 1 is 1.26 bits per heavy atom. The highest BCUT2D eigenvalue weighted by atomic mass is 35.5. The van der Waals surface area contributed by atoms with Crippen molar-refractivity contribution in [3.8, 4) is 0 Å². The van der Waals surface area contributed by atoms with Crippen LogP contribution in [0.15, 0.2) is 24.3 Å².